The SMILES string of the molecule is c1cn2c(n1)CC[C@@H](CNCc1ccc(N3CCCCC3)cc1)C2. The van der Waals surface area contributed by atoms with Gasteiger partial charge in [-0.2, -0.15) is 0 Å². The first-order chi connectivity index (χ1) is 11.9. The molecule has 24 heavy (non-hydrogen) atoms. The summed E-state index contributed by atoms with van der Waals surface area (Å²) < 4.78 is 2.31. The lowest BCUT2D eigenvalue weighted by atomic mass is 9.99. The number of fused-ring (bicyclic) bond motifs is 1. The van der Waals surface area contributed by atoms with Gasteiger partial charge in [0.1, 0.15) is 5.82 Å². The van der Waals surface area contributed by atoms with Crippen LogP contribution in [0.25, 0.3) is 0 Å². The molecule has 1 saturated heterocycles. The molecule has 0 aliphatic carbocycles. The molecule has 1 atom stereocenters. The fourth-order valence-corrected chi connectivity index (χ4v) is 4.00. The molecule has 128 valence electrons. The molecule has 0 radical (unpaired) electrons. The van der Waals surface area contributed by atoms with E-state index in [1.807, 2.05) is 6.20 Å². The number of nitrogens with zero attached hydrogens (tertiary/aromatic N) is 3. The summed E-state index contributed by atoms with van der Waals surface area (Å²) in [6.45, 7) is 5.60. The standard InChI is InChI=1S/C20H28N4/c1-2-11-23(12-3-1)19-7-4-17(5-8-19)14-21-15-18-6-9-20-22-10-13-24(20)16-18/h4-5,7-8,10,13,18,21H,1-3,6,9,11-12,14-16H2/t18-/m0/s1. The zero-order valence-electron chi connectivity index (χ0n) is 14.5. The summed E-state index contributed by atoms with van der Waals surface area (Å²) >= 11 is 0. The normalized spacial score (nSPS) is 20.8. The third-order valence-corrected chi connectivity index (χ3v) is 5.45. The van der Waals surface area contributed by atoms with E-state index in [2.05, 4.69) is 50.2 Å². The van der Waals surface area contributed by atoms with Crippen molar-refractivity contribution in [3.05, 3.63) is 48.0 Å². The van der Waals surface area contributed by atoms with Crippen LogP contribution < -0.4 is 10.2 Å². The van der Waals surface area contributed by atoms with Gasteiger partial charge >= 0.3 is 0 Å². The topological polar surface area (TPSA) is 33.1 Å². The molecule has 2 aliphatic rings. The van der Waals surface area contributed by atoms with Gasteiger partial charge < -0.3 is 14.8 Å². The van der Waals surface area contributed by atoms with Crippen LogP contribution in [-0.2, 0) is 19.5 Å². The zero-order valence-corrected chi connectivity index (χ0v) is 14.5. The molecule has 0 unspecified atom stereocenters. The van der Waals surface area contributed by atoms with Crippen molar-refractivity contribution in [1.82, 2.24) is 14.9 Å². The Morgan fingerprint density at radius 2 is 1.92 bits per heavy atom. The van der Waals surface area contributed by atoms with Crippen molar-refractivity contribution in [3.8, 4) is 0 Å². The molecule has 0 amide bonds. The molecular formula is C20H28N4. The first-order valence-electron chi connectivity index (χ1n) is 9.43. The number of rotatable bonds is 5. The van der Waals surface area contributed by atoms with E-state index in [1.54, 1.807) is 0 Å². The number of aromatic nitrogens is 2. The number of piperidine rings is 1. The summed E-state index contributed by atoms with van der Waals surface area (Å²) in [6, 6.07) is 9.15. The maximum atomic E-state index is 4.40. The van der Waals surface area contributed by atoms with Crippen molar-refractivity contribution < 1.29 is 0 Å². The van der Waals surface area contributed by atoms with Crippen molar-refractivity contribution in [2.24, 2.45) is 5.92 Å². The van der Waals surface area contributed by atoms with Crippen LogP contribution >= 0.6 is 0 Å². The maximum absolute atomic E-state index is 4.40. The van der Waals surface area contributed by atoms with E-state index >= 15 is 0 Å². The molecule has 4 rings (SSSR count). The van der Waals surface area contributed by atoms with Gasteiger partial charge in [0.2, 0.25) is 0 Å². The molecule has 1 N–H and O–H groups in total. The molecule has 2 aromatic rings. The number of nitrogens with one attached hydrogen (secondary N) is 1. The Morgan fingerprint density at radius 3 is 2.75 bits per heavy atom. The second-order valence-electron chi connectivity index (χ2n) is 7.25. The average molecular weight is 324 g/mol. The lowest BCUT2D eigenvalue weighted by molar-refractivity contribution is 0.347. The molecule has 0 saturated carbocycles. The maximum Gasteiger partial charge on any atom is 0.108 e. The predicted octanol–water partition coefficient (Wildman–Crippen LogP) is 3.23. The molecule has 1 fully saturated rings. The Bertz CT molecular complexity index is 640. The van der Waals surface area contributed by atoms with Crippen LogP contribution in [0, 0.1) is 5.92 Å². The first-order valence-corrected chi connectivity index (χ1v) is 9.43. The zero-order chi connectivity index (χ0) is 16.2. The minimum Gasteiger partial charge on any atom is -0.372 e. The molecular weight excluding hydrogens is 296 g/mol. The molecule has 0 bridgehead atoms. The second kappa shape index (κ2) is 7.39. The van der Waals surface area contributed by atoms with Crippen LogP contribution in [0.2, 0.25) is 0 Å². The number of anilines is 1. The lowest BCUT2D eigenvalue weighted by Crippen LogP contribution is -2.30. The number of hydrogen-bond donors (Lipinski definition) is 1. The van der Waals surface area contributed by atoms with E-state index in [9.17, 15) is 0 Å². The van der Waals surface area contributed by atoms with E-state index < -0.39 is 0 Å². The minimum absolute atomic E-state index is 0.722. The van der Waals surface area contributed by atoms with E-state index in [0.717, 1.165) is 32.0 Å². The summed E-state index contributed by atoms with van der Waals surface area (Å²) in [5, 5.41) is 3.65. The lowest BCUT2D eigenvalue weighted by Gasteiger charge is -2.29. The van der Waals surface area contributed by atoms with Crippen molar-refractivity contribution >= 4 is 5.69 Å². The van der Waals surface area contributed by atoms with Crippen LogP contribution in [0.4, 0.5) is 5.69 Å². The average Bonchev–Trinajstić information content (AvgIpc) is 3.11. The number of benzene rings is 1. The van der Waals surface area contributed by atoms with Gasteiger partial charge in [-0.05, 0) is 55.8 Å². The van der Waals surface area contributed by atoms with Crippen molar-refractivity contribution in [2.45, 2.75) is 45.2 Å². The molecule has 0 spiro atoms. The largest absolute Gasteiger partial charge is 0.372 e. The van der Waals surface area contributed by atoms with Crippen LogP contribution in [0.15, 0.2) is 36.7 Å². The van der Waals surface area contributed by atoms with Crippen LogP contribution in [0.5, 0.6) is 0 Å². The van der Waals surface area contributed by atoms with Gasteiger partial charge in [-0.3, -0.25) is 0 Å². The number of aryl methyl sites for hydroxylation is 1. The smallest absolute Gasteiger partial charge is 0.108 e. The number of imidazole rings is 1. The quantitative estimate of drug-likeness (QED) is 0.917. The van der Waals surface area contributed by atoms with Gasteiger partial charge in [0.05, 0.1) is 0 Å². The van der Waals surface area contributed by atoms with Gasteiger partial charge in [0.25, 0.3) is 0 Å². The Morgan fingerprint density at radius 1 is 1.08 bits per heavy atom. The van der Waals surface area contributed by atoms with Crippen LogP contribution in [0.1, 0.15) is 37.1 Å². The van der Waals surface area contributed by atoms with Crippen molar-refractivity contribution in [3.63, 3.8) is 0 Å². The van der Waals surface area contributed by atoms with Gasteiger partial charge in [-0.1, -0.05) is 12.1 Å². The fraction of sp³-hybridized carbons (Fsp3) is 0.550. The highest BCUT2D eigenvalue weighted by Gasteiger charge is 2.18. The minimum atomic E-state index is 0.722. The van der Waals surface area contributed by atoms with Crippen molar-refractivity contribution in [2.75, 3.05) is 24.5 Å². The van der Waals surface area contributed by atoms with Gasteiger partial charge in [-0.15, -0.1) is 0 Å². The summed E-state index contributed by atoms with van der Waals surface area (Å²) in [5.41, 5.74) is 2.77. The Kier molecular flexibility index (Phi) is 4.83. The Balaban J connectivity index is 1.24. The van der Waals surface area contributed by atoms with E-state index in [-0.39, 0.29) is 0 Å². The van der Waals surface area contributed by atoms with E-state index in [4.69, 9.17) is 0 Å². The molecule has 1 aromatic carbocycles. The Hall–Kier alpha value is -1.81. The summed E-state index contributed by atoms with van der Waals surface area (Å²) in [5.74, 6) is 1.97. The highest BCUT2D eigenvalue weighted by Crippen LogP contribution is 2.21. The van der Waals surface area contributed by atoms with Crippen molar-refractivity contribution in [1.29, 1.82) is 0 Å². The third kappa shape index (κ3) is 3.64. The van der Waals surface area contributed by atoms with Crippen LogP contribution in [-0.4, -0.2) is 29.2 Å². The van der Waals surface area contributed by atoms with E-state index in [0.29, 0.717) is 0 Å². The summed E-state index contributed by atoms with van der Waals surface area (Å²) in [4.78, 5) is 6.92. The highest BCUT2D eigenvalue weighted by molar-refractivity contribution is 5.47. The number of hydrogen-bond acceptors (Lipinski definition) is 3. The molecule has 4 nitrogen and oxygen atoms in total. The monoisotopic (exact) mass is 324 g/mol. The summed E-state index contributed by atoms with van der Waals surface area (Å²) in [7, 11) is 0. The molecule has 3 heterocycles. The Labute approximate surface area is 144 Å². The highest BCUT2D eigenvalue weighted by atomic mass is 15.1. The van der Waals surface area contributed by atoms with Gasteiger partial charge in [0, 0.05) is 50.7 Å². The summed E-state index contributed by atoms with van der Waals surface area (Å²) in [6.07, 6.45) is 10.5. The van der Waals surface area contributed by atoms with E-state index in [1.165, 1.54) is 55.8 Å². The fourth-order valence-electron chi connectivity index (χ4n) is 4.00. The predicted molar refractivity (Wildman–Crippen MR) is 98.3 cm³/mol. The molecule has 1 aromatic heterocycles. The van der Waals surface area contributed by atoms with Gasteiger partial charge in [0.15, 0.2) is 0 Å². The molecule has 4 heteroatoms. The molecule has 2 aliphatic heterocycles. The first kappa shape index (κ1) is 15.7. The third-order valence-electron chi connectivity index (χ3n) is 5.45. The van der Waals surface area contributed by atoms with Gasteiger partial charge in [-0.25, -0.2) is 4.98 Å². The second-order valence-corrected chi connectivity index (χ2v) is 7.25. The van der Waals surface area contributed by atoms with Crippen LogP contribution in [0.3, 0.4) is 0 Å².